The van der Waals surface area contributed by atoms with Gasteiger partial charge in [0.15, 0.2) is 5.76 Å². The molecule has 1 fully saturated rings. The zero-order valence-electron chi connectivity index (χ0n) is 14.9. The molecule has 0 bridgehead atoms. The molecule has 4 rings (SSSR count). The second-order valence-corrected chi connectivity index (χ2v) is 7.66. The van der Waals surface area contributed by atoms with Crippen LogP contribution in [-0.4, -0.2) is 29.8 Å². The minimum atomic E-state index is -0.372. The third kappa shape index (κ3) is 3.49. The van der Waals surface area contributed by atoms with E-state index in [0.29, 0.717) is 16.8 Å². The van der Waals surface area contributed by atoms with Crippen molar-refractivity contribution < 1.29 is 14.0 Å². The van der Waals surface area contributed by atoms with E-state index in [-0.39, 0.29) is 17.6 Å². The van der Waals surface area contributed by atoms with Gasteiger partial charge in [-0.05, 0) is 55.7 Å². The average Bonchev–Trinajstić information content (AvgIpc) is 3.31. The van der Waals surface area contributed by atoms with E-state index in [1.807, 2.05) is 42.2 Å². The van der Waals surface area contributed by atoms with Crippen LogP contribution in [-0.2, 0) is 0 Å². The number of carbonyl (C=O) groups excluding carboxylic acids is 2. The Morgan fingerprint density at radius 2 is 1.89 bits per heavy atom. The van der Waals surface area contributed by atoms with Crippen molar-refractivity contribution in [2.24, 2.45) is 0 Å². The van der Waals surface area contributed by atoms with E-state index in [1.165, 1.54) is 0 Å². The largest absolute Gasteiger partial charge is 0.451 e. The zero-order valence-corrected chi connectivity index (χ0v) is 16.5. The number of halogens is 1. The highest BCUT2D eigenvalue weighted by atomic mass is 79.9. The van der Waals surface area contributed by atoms with E-state index < -0.39 is 0 Å². The Kier molecular flexibility index (Phi) is 4.74. The molecule has 1 aromatic heterocycles. The first-order valence-corrected chi connectivity index (χ1v) is 9.71. The summed E-state index contributed by atoms with van der Waals surface area (Å²) in [4.78, 5) is 27.5. The fourth-order valence-electron chi connectivity index (χ4n) is 3.44. The number of amides is 2. The minimum absolute atomic E-state index is 0.0329. The molecule has 5 nitrogen and oxygen atoms in total. The zero-order chi connectivity index (χ0) is 19.0. The number of fused-ring (bicyclic) bond motifs is 1. The lowest BCUT2D eigenvalue weighted by molar-refractivity contribution is 0.0793. The Labute approximate surface area is 165 Å². The normalized spacial score (nSPS) is 13.9. The molecule has 27 heavy (non-hydrogen) atoms. The molecule has 2 aromatic carbocycles. The van der Waals surface area contributed by atoms with Crippen LogP contribution in [0.4, 0.5) is 5.69 Å². The van der Waals surface area contributed by atoms with Gasteiger partial charge in [0, 0.05) is 22.9 Å². The number of furan rings is 1. The van der Waals surface area contributed by atoms with E-state index in [0.717, 1.165) is 41.4 Å². The highest BCUT2D eigenvalue weighted by Crippen LogP contribution is 2.26. The number of hydrogen-bond donors (Lipinski definition) is 1. The smallest absolute Gasteiger partial charge is 0.291 e. The summed E-state index contributed by atoms with van der Waals surface area (Å²) in [6.07, 6.45) is 2.04. The van der Waals surface area contributed by atoms with Crippen molar-refractivity contribution in [3.63, 3.8) is 0 Å². The average molecular weight is 427 g/mol. The molecule has 0 saturated carbocycles. The summed E-state index contributed by atoms with van der Waals surface area (Å²) >= 11 is 3.41. The van der Waals surface area contributed by atoms with Gasteiger partial charge in [-0.15, -0.1) is 0 Å². The first-order valence-electron chi connectivity index (χ1n) is 8.92. The molecule has 0 atom stereocenters. The van der Waals surface area contributed by atoms with Crippen LogP contribution in [0.2, 0.25) is 0 Å². The van der Waals surface area contributed by atoms with E-state index in [4.69, 9.17) is 4.42 Å². The van der Waals surface area contributed by atoms with Crippen LogP contribution in [0.5, 0.6) is 0 Å². The van der Waals surface area contributed by atoms with Gasteiger partial charge in [0.05, 0.1) is 11.3 Å². The summed E-state index contributed by atoms with van der Waals surface area (Å²) in [6, 6.07) is 12.7. The molecule has 138 valence electrons. The van der Waals surface area contributed by atoms with E-state index >= 15 is 0 Å². The summed E-state index contributed by atoms with van der Waals surface area (Å²) in [6.45, 7) is 3.41. The predicted molar refractivity (Wildman–Crippen MR) is 108 cm³/mol. The molecule has 3 aromatic rings. The van der Waals surface area contributed by atoms with Crippen LogP contribution >= 0.6 is 15.9 Å². The highest BCUT2D eigenvalue weighted by molar-refractivity contribution is 9.10. The van der Waals surface area contributed by atoms with E-state index in [2.05, 4.69) is 21.2 Å². The molecular weight excluding hydrogens is 408 g/mol. The van der Waals surface area contributed by atoms with Crippen molar-refractivity contribution in [3.05, 3.63) is 63.8 Å². The molecule has 2 heterocycles. The van der Waals surface area contributed by atoms with Gasteiger partial charge in [0.1, 0.15) is 5.58 Å². The summed E-state index contributed by atoms with van der Waals surface area (Å²) in [5.74, 6) is -0.193. The second kappa shape index (κ2) is 7.19. The summed E-state index contributed by atoms with van der Waals surface area (Å²) in [5, 5.41) is 3.70. The van der Waals surface area contributed by atoms with Gasteiger partial charge in [-0.25, -0.2) is 0 Å². The second-order valence-electron chi connectivity index (χ2n) is 6.74. The Morgan fingerprint density at radius 1 is 1.11 bits per heavy atom. The molecule has 0 aliphatic carbocycles. The lowest BCUT2D eigenvalue weighted by Crippen LogP contribution is -2.29. The molecule has 6 heteroatoms. The van der Waals surface area contributed by atoms with Gasteiger partial charge in [-0.1, -0.05) is 28.1 Å². The number of rotatable bonds is 3. The molecule has 1 saturated heterocycles. The maximum absolute atomic E-state index is 12.9. The van der Waals surface area contributed by atoms with Gasteiger partial charge in [0.2, 0.25) is 0 Å². The van der Waals surface area contributed by atoms with Gasteiger partial charge in [-0.3, -0.25) is 9.59 Å². The molecule has 1 aliphatic rings. The monoisotopic (exact) mass is 426 g/mol. The number of likely N-dealkylation sites (tertiary alicyclic amines) is 1. The molecule has 1 aliphatic heterocycles. The summed E-state index contributed by atoms with van der Waals surface area (Å²) in [7, 11) is 0. The van der Waals surface area contributed by atoms with Crippen molar-refractivity contribution in [3.8, 4) is 0 Å². The summed E-state index contributed by atoms with van der Waals surface area (Å²) < 4.78 is 6.58. The fraction of sp³-hybridized carbons (Fsp3) is 0.238. The molecular formula is C21H19BrN2O3. The number of nitrogens with one attached hydrogen (secondary N) is 1. The van der Waals surface area contributed by atoms with Crippen molar-refractivity contribution in [2.75, 3.05) is 18.4 Å². The quantitative estimate of drug-likeness (QED) is 0.641. The van der Waals surface area contributed by atoms with Gasteiger partial charge >= 0.3 is 0 Å². The van der Waals surface area contributed by atoms with Gasteiger partial charge < -0.3 is 14.6 Å². The maximum Gasteiger partial charge on any atom is 0.291 e. The standard InChI is InChI=1S/C21H19BrN2O3/c1-13-5-4-6-16(19(13)21(26)24-9-2-3-10-24)23-20(25)18-12-14-11-15(22)7-8-17(14)27-18/h4-8,11-12H,2-3,9-10H2,1H3,(H,23,25). The fourth-order valence-corrected chi connectivity index (χ4v) is 3.82. The van der Waals surface area contributed by atoms with E-state index in [9.17, 15) is 9.59 Å². The Hall–Kier alpha value is -2.60. The molecule has 0 unspecified atom stereocenters. The van der Waals surface area contributed by atoms with E-state index in [1.54, 1.807) is 12.1 Å². The van der Waals surface area contributed by atoms with Crippen LogP contribution < -0.4 is 5.32 Å². The van der Waals surface area contributed by atoms with Crippen LogP contribution in [0.3, 0.4) is 0 Å². The van der Waals surface area contributed by atoms with Gasteiger partial charge in [-0.2, -0.15) is 0 Å². The number of aryl methyl sites for hydroxylation is 1. The number of nitrogens with zero attached hydrogens (tertiary/aromatic N) is 1. The van der Waals surface area contributed by atoms with Crippen molar-refractivity contribution >= 4 is 44.4 Å². The van der Waals surface area contributed by atoms with Crippen LogP contribution in [0.25, 0.3) is 11.0 Å². The Morgan fingerprint density at radius 3 is 2.67 bits per heavy atom. The lowest BCUT2D eigenvalue weighted by Gasteiger charge is -2.19. The molecule has 1 N–H and O–H groups in total. The first-order chi connectivity index (χ1) is 13.0. The van der Waals surface area contributed by atoms with Crippen LogP contribution in [0, 0.1) is 6.92 Å². The lowest BCUT2D eigenvalue weighted by atomic mass is 10.0. The summed E-state index contributed by atoms with van der Waals surface area (Å²) in [5.41, 5.74) is 2.55. The van der Waals surface area contributed by atoms with Crippen LogP contribution in [0.15, 0.2) is 51.4 Å². The van der Waals surface area contributed by atoms with Crippen LogP contribution in [0.1, 0.15) is 39.3 Å². The third-order valence-electron chi connectivity index (χ3n) is 4.83. The number of anilines is 1. The molecule has 0 spiro atoms. The molecule has 0 radical (unpaired) electrons. The topological polar surface area (TPSA) is 62.6 Å². The first kappa shape index (κ1) is 17.8. The highest BCUT2D eigenvalue weighted by Gasteiger charge is 2.24. The van der Waals surface area contributed by atoms with Crippen molar-refractivity contribution in [2.45, 2.75) is 19.8 Å². The van der Waals surface area contributed by atoms with Crippen molar-refractivity contribution in [1.29, 1.82) is 0 Å². The number of carbonyl (C=O) groups is 2. The SMILES string of the molecule is Cc1cccc(NC(=O)c2cc3cc(Br)ccc3o2)c1C(=O)N1CCCC1. The molecule has 2 amide bonds. The predicted octanol–water partition coefficient (Wildman–Crippen LogP) is 4.99. The number of hydrogen-bond acceptors (Lipinski definition) is 3. The Bertz CT molecular complexity index is 1040. The number of benzene rings is 2. The minimum Gasteiger partial charge on any atom is -0.451 e. The third-order valence-corrected chi connectivity index (χ3v) is 5.32. The van der Waals surface area contributed by atoms with Crippen molar-refractivity contribution in [1.82, 2.24) is 4.90 Å². The van der Waals surface area contributed by atoms with Gasteiger partial charge in [0.25, 0.3) is 11.8 Å². The Balaban J connectivity index is 1.64. The maximum atomic E-state index is 12.9.